The van der Waals surface area contributed by atoms with Gasteiger partial charge in [0.25, 0.3) is 0 Å². The first kappa shape index (κ1) is 14.3. The highest BCUT2D eigenvalue weighted by atomic mass is 16.6. The van der Waals surface area contributed by atoms with Gasteiger partial charge in [0.15, 0.2) is 6.61 Å². The molecule has 0 unspecified atom stereocenters. The summed E-state index contributed by atoms with van der Waals surface area (Å²) >= 11 is 0. The van der Waals surface area contributed by atoms with Gasteiger partial charge in [0.2, 0.25) is 0 Å². The lowest BCUT2D eigenvalue weighted by Crippen LogP contribution is -2.36. The Kier molecular flexibility index (Phi) is 7.68. The van der Waals surface area contributed by atoms with Crippen molar-refractivity contribution in [1.29, 1.82) is 0 Å². The maximum absolute atomic E-state index is 11.3. The van der Waals surface area contributed by atoms with E-state index in [1.54, 1.807) is 6.92 Å². The van der Waals surface area contributed by atoms with Gasteiger partial charge in [0.1, 0.15) is 6.54 Å². The fourth-order valence-corrected chi connectivity index (χ4v) is 0.918. The number of esters is 1. The predicted molar refractivity (Wildman–Crippen MR) is 58.7 cm³/mol. The normalized spacial score (nSPS) is 9.06. The molecule has 0 aromatic rings. The summed E-state index contributed by atoms with van der Waals surface area (Å²) in [5.74, 6) is 1.74. The molecule has 5 nitrogen and oxygen atoms in total. The zero-order valence-corrected chi connectivity index (χ0v) is 9.69. The van der Waals surface area contributed by atoms with Crippen molar-refractivity contribution in [2.75, 3.05) is 26.3 Å². The first-order chi connectivity index (χ1) is 7.65. The van der Waals surface area contributed by atoms with E-state index in [0.717, 1.165) is 6.42 Å². The number of carbonyl (C=O) groups is 2. The quantitative estimate of drug-likeness (QED) is 0.502. The molecule has 0 fully saturated rings. The van der Waals surface area contributed by atoms with Crippen molar-refractivity contribution in [3.05, 3.63) is 0 Å². The average Bonchev–Trinajstić information content (AvgIpc) is 2.30. The van der Waals surface area contributed by atoms with Crippen molar-refractivity contribution < 1.29 is 19.1 Å². The second-order valence-electron chi connectivity index (χ2n) is 2.99. The smallest absolute Gasteiger partial charge is 0.411 e. The Morgan fingerprint density at radius 1 is 1.31 bits per heavy atom. The largest absolute Gasteiger partial charge is 0.464 e. The third kappa shape index (κ3) is 5.91. The van der Waals surface area contributed by atoms with Crippen LogP contribution in [0.4, 0.5) is 4.79 Å². The fourth-order valence-electron chi connectivity index (χ4n) is 0.918. The number of likely N-dealkylation sites (N-methyl/N-ethyl adjacent to an activating group) is 1. The molecule has 0 radical (unpaired) electrons. The predicted octanol–water partition coefficient (Wildman–Crippen LogP) is 1.03. The average molecular weight is 227 g/mol. The molecule has 90 valence electrons. The summed E-state index contributed by atoms with van der Waals surface area (Å²) in [5.41, 5.74) is 0. The summed E-state index contributed by atoms with van der Waals surface area (Å²) in [7, 11) is 0. The second kappa shape index (κ2) is 8.60. The van der Waals surface area contributed by atoms with E-state index in [1.165, 1.54) is 4.90 Å². The number of hydrogen-bond donors (Lipinski definition) is 0. The number of terminal acetylenes is 1. The molecule has 0 spiro atoms. The van der Waals surface area contributed by atoms with E-state index in [2.05, 4.69) is 5.92 Å². The Hall–Kier alpha value is -1.70. The second-order valence-corrected chi connectivity index (χ2v) is 2.99. The van der Waals surface area contributed by atoms with E-state index in [-0.39, 0.29) is 13.2 Å². The monoisotopic (exact) mass is 227 g/mol. The molecule has 0 aliphatic heterocycles. The molecular weight excluding hydrogens is 210 g/mol. The van der Waals surface area contributed by atoms with Crippen LogP contribution in [0.15, 0.2) is 0 Å². The van der Waals surface area contributed by atoms with Gasteiger partial charge in [0, 0.05) is 6.54 Å². The van der Waals surface area contributed by atoms with Crippen LogP contribution in [0, 0.1) is 12.3 Å². The number of rotatable bonds is 6. The molecular formula is C11H17NO4. The summed E-state index contributed by atoms with van der Waals surface area (Å²) in [6.45, 7) is 4.15. The SMILES string of the molecule is C#CCOC(=O)N(CC)CC(=O)OCCC. The van der Waals surface area contributed by atoms with Crippen molar-refractivity contribution in [2.24, 2.45) is 0 Å². The molecule has 0 heterocycles. The molecule has 0 aliphatic carbocycles. The summed E-state index contributed by atoms with van der Waals surface area (Å²) in [5, 5.41) is 0. The van der Waals surface area contributed by atoms with Crippen molar-refractivity contribution in [3.63, 3.8) is 0 Å². The van der Waals surface area contributed by atoms with Gasteiger partial charge in [-0.05, 0) is 13.3 Å². The van der Waals surface area contributed by atoms with E-state index in [9.17, 15) is 9.59 Å². The van der Waals surface area contributed by atoms with Gasteiger partial charge in [-0.1, -0.05) is 12.8 Å². The van der Waals surface area contributed by atoms with E-state index >= 15 is 0 Å². The molecule has 1 amide bonds. The summed E-state index contributed by atoms with van der Waals surface area (Å²) in [4.78, 5) is 23.8. The van der Waals surface area contributed by atoms with Crippen molar-refractivity contribution >= 4 is 12.1 Å². The molecule has 0 aromatic carbocycles. The zero-order chi connectivity index (χ0) is 12.4. The van der Waals surface area contributed by atoms with E-state index in [1.807, 2.05) is 6.92 Å². The minimum Gasteiger partial charge on any atom is -0.464 e. The van der Waals surface area contributed by atoms with Gasteiger partial charge >= 0.3 is 12.1 Å². The minimum atomic E-state index is -0.603. The number of carbonyl (C=O) groups excluding carboxylic acids is 2. The van der Waals surface area contributed by atoms with E-state index in [0.29, 0.717) is 13.2 Å². The maximum atomic E-state index is 11.3. The Morgan fingerprint density at radius 2 is 2.00 bits per heavy atom. The van der Waals surface area contributed by atoms with Crippen LogP contribution in [0.3, 0.4) is 0 Å². The first-order valence-electron chi connectivity index (χ1n) is 5.16. The number of hydrogen-bond acceptors (Lipinski definition) is 4. The topological polar surface area (TPSA) is 55.8 Å². The molecule has 0 rings (SSSR count). The number of amides is 1. The Morgan fingerprint density at radius 3 is 2.50 bits per heavy atom. The third-order valence-corrected chi connectivity index (χ3v) is 1.71. The summed E-state index contributed by atoms with van der Waals surface area (Å²) in [6.07, 6.45) is 5.09. The highest BCUT2D eigenvalue weighted by Gasteiger charge is 2.16. The molecule has 0 aromatic heterocycles. The van der Waals surface area contributed by atoms with Gasteiger partial charge in [0.05, 0.1) is 6.61 Å². The zero-order valence-electron chi connectivity index (χ0n) is 9.69. The molecule has 0 aliphatic rings. The molecule has 5 heteroatoms. The highest BCUT2D eigenvalue weighted by Crippen LogP contribution is 1.95. The Balaban J connectivity index is 4.03. The van der Waals surface area contributed by atoms with E-state index < -0.39 is 12.1 Å². The van der Waals surface area contributed by atoms with Crippen LogP contribution in [0.5, 0.6) is 0 Å². The van der Waals surface area contributed by atoms with Gasteiger partial charge in [-0.3, -0.25) is 9.69 Å². The van der Waals surface area contributed by atoms with Gasteiger partial charge in [-0.15, -0.1) is 6.42 Å². The van der Waals surface area contributed by atoms with Crippen LogP contribution in [0.1, 0.15) is 20.3 Å². The lowest BCUT2D eigenvalue weighted by atomic mass is 10.5. The number of ether oxygens (including phenoxy) is 2. The van der Waals surface area contributed by atoms with Crippen LogP contribution < -0.4 is 0 Å². The Labute approximate surface area is 95.7 Å². The minimum absolute atomic E-state index is 0.0979. The molecule has 0 saturated carbocycles. The Bertz CT molecular complexity index is 270. The standard InChI is InChI=1S/C11H17NO4/c1-4-7-15-10(13)9-12(6-3)11(14)16-8-5-2/h2H,4,6-9H2,1,3H3. The van der Waals surface area contributed by atoms with Gasteiger partial charge in [-0.25, -0.2) is 4.79 Å². The van der Waals surface area contributed by atoms with Crippen molar-refractivity contribution in [2.45, 2.75) is 20.3 Å². The first-order valence-corrected chi connectivity index (χ1v) is 5.16. The van der Waals surface area contributed by atoms with Crippen LogP contribution in [0.2, 0.25) is 0 Å². The van der Waals surface area contributed by atoms with Crippen LogP contribution >= 0.6 is 0 Å². The molecule has 0 N–H and O–H groups in total. The molecule has 0 bridgehead atoms. The number of nitrogens with zero attached hydrogens (tertiary/aromatic N) is 1. The maximum Gasteiger partial charge on any atom is 0.411 e. The third-order valence-electron chi connectivity index (χ3n) is 1.71. The van der Waals surface area contributed by atoms with Crippen molar-refractivity contribution in [1.82, 2.24) is 4.90 Å². The molecule has 0 atom stereocenters. The summed E-state index contributed by atoms with van der Waals surface area (Å²) in [6, 6.07) is 0. The highest BCUT2D eigenvalue weighted by molar-refractivity contribution is 5.78. The van der Waals surface area contributed by atoms with Crippen LogP contribution in [-0.4, -0.2) is 43.3 Å². The van der Waals surface area contributed by atoms with Crippen molar-refractivity contribution in [3.8, 4) is 12.3 Å². The van der Waals surface area contributed by atoms with Crippen LogP contribution in [0.25, 0.3) is 0 Å². The molecule has 0 saturated heterocycles. The van der Waals surface area contributed by atoms with Gasteiger partial charge < -0.3 is 9.47 Å². The van der Waals surface area contributed by atoms with Gasteiger partial charge in [-0.2, -0.15) is 0 Å². The lowest BCUT2D eigenvalue weighted by molar-refractivity contribution is -0.144. The summed E-state index contributed by atoms with van der Waals surface area (Å²) < 4.78 is 9.54. The fraction of sp³-hybridized carbons (Fsp3) is 0.636. The van der Waals surface area contributed by atoms with E-state index in [4.69, 9.17) is 15.9 Å². The molecule has 16 heavy (non-hydrogen) atoms. The lowest BCUT2D eigenvalue weighted by Gasteiger charge is -2.18. The van der Waals surface area contributed by atoms with Crippen LogP contribution in [-0.2, 0) is 14.3 Å².